The molecule has 6 heteroatoms. The van der Waals surface area contributed by atoms with Crippen molar-refractivity contribution >= 4 is 11.6 Å². The normalized spacial score (nSPS) is 9.95. The molecule has 0 atom stereocenters. The number of nitrogens with two attached hydrogens (primary N) is 1. The topological polar surface area (TPSA) is 96.7 Å². The monoisotopic (exact) mass is 269 g/mol. The molecule has 6 nitrogen and oxygen atoms in total. The number of rotatable bonds is 5. The molecule has 1 aromatic carbocycles. The van der Waals surface area contributed by atoms with E-state index in [1.165, 1.54) is 0 Å². The number of anilines is 1. The van der Waals surface area contributed by atoms with Gasteiger partial charge in [-0.1, -0.05) is 18.2 Å². The molecule has 2 aromatic rings. The Bertz CT molecular complexity index is 641. The largest absolute Gasteiger partial charge is 0.398 e. The predicted octanol–water partition coefficient (Wildman–Crippen LogP) is 1.16. The van der Waals surface area contributed by atoms with Gasteiger partial charge in [0.1, 0.15) is 6.54 Å². The molecule has 0 aliphatic rings. The van der Waals surface area contributed by atoms with Crippen molar-refractivity contribution in [1.82, 2.24) is 15.1 Å². The molecular formula is C14H15N5O. The second-order valence-corrected chi connectivity index (χ2v) is 4.27. The Hall–Kier alpha value is -2.81. The van der Waals surface area contributed by atoms with Crippen molar-refractivity contribution in [3.05, 3.63) is 36.7 Å². The van der Waals surface area contributed by atoms with Gasteiger partial charge in [0, 0.05) is 29.6 Å². The van der Waals surface area contributed by atoms with E-state index in [0.29, 0.717) is 18.7 Å². The molecule has 20 heavy (non-hydrogen) atoms. The summed E-state index contributed by atoms with van der Waals surface area (Å²) in [5.74, 6) is -0.170. The Labute approximate surface area is 116 Å². The van der Waals surface area contributed by atoms with Crippen LogP contribution in [0.3, 0.4) is 0 Å². The lowest BCUT2D eigenvalue weighted by atomic mass is 10.1. The summed E-state index contributed by atoms with van der Waals surface area (Å²) in [6.45, 7) is 0.479. The first kappa shape index (κ1) is 13.6. The summed E-state index contributed by atoms with van der Waals surface area (Å²) in [5, 5.41) is 15.2. The van der Waals surface area contributed by atoms with Crippen LogP contribution in [0.25, 0.3) is 11.1 Å². The maximum absolute atomic E-state index is 11.6. The number of carbonyl (C=O) groups is 1. The number of nitrogens with zero attached hydrogens (tertiary/aromatic N) is 3. The van der Waals surface area contributed by atoms with Crippen LogP contribution >= 0.6 is 0 Å². The third-order valence-electron chi connectivity index (χ3n) is 2.77. The van der Waals surface area contributed by atoms with E-state index >= 15 is 0 Å². The molecule has 0 aliphatic carbocycles. The molecule has 0 aliphatic heterocycles. The van der Waals surface area contributed by atoms with Crippen LogP contribution in [0.15, 0.2) is 36.7 Å². The fourth-order valence-corrected chi connectivity index (χ4v) is 1.81. The van der Waals surface area contributed by atoms with Crippen LogP contribution in [-0.2, 0) is 11.3 Å². The standard InChI is InChI=1S/C14H15N5O/c15-6-3-7-17-14(20)10-19-9-11(8-18-19)12-4-1-2-5-13(12)16/h1-2,4-5,8-9H,3,7,10,16H2,(H,17,20). The molecule has 1 aromatic heterocycles. The third kappa shape index (κ3) is 3.36. The molecule has 2 rings (SSSR count). The van der Waals surface area contributed by atoms with E-state index in [0.717, 1.165) is 11.1 Å². The van der Waals surface area contributed by atoms with Crippen LogP contribution in [0.1, 0.15) is 6.42 Å². The Morgan fingerprint density at radius 1 is 1.45 bits per heavy atom. The highest BCUT2D eigenvalue weighted by Gasteiger charge is 2.07. The van der Waals surface area contributed by atoms with E-state index in [1.54, 1.807) is 17.1 Å². The molecule has 0 saturated heterocycles. The molecule has 0 bridgehead atoms. The van der Waals surface area contributed by atoms with E-state index < -0.39 is 0 Å². The third-order valence-corrected chi connectivity index (χ3v) is 2.77. The van der Waals surface area contributed by atoms with Crippen molar-refractivity contribution in [2.45, 2.75) is 13.0 Å². The van der Waals surface area contributed by atoms with Crippen molar-refractivity contribution in [3.63, 3.8) is 0 Å². The molecule has 102 valence electrons. The van der Waals surface area contributed by atoms with Crippen LogP contribution in [0, 0.1) is 11.3 Å². The molecule has 1 amide bonds. The minimum Gasteiger partial charge on any atom is -0.398 e. The van der Waals surface area contributed by atoms with Crippen LogP contribution in [0.4, 0.5) is 5.69 Å². The van der Waals surface area contributed by atoms with Gasteiger partial charge in [-0.3, -0.25) is 9.48 Å². The van der Waals surface area contributed by atoms with E-state index in [-0.39, 0.29) is 12.5 Å². The fourth-order valence-electron chi connectivity index (χ4n) is 1.81. The van der Waals surface area contributed by atoms with Crippen molar-refractivity contribution in [2.24, 2.45) is 0 Å². The number of nitrogen functional groups attached to an aromatic ring is 1. The zero-order valence-corrected chi connectivity index (χ0v) is 10.9. The van der Waals surface area contributed by atoms with Gasteiger partial charge in [0.2, 0.25) is 5.91 Å². The minimum absolute atomic E-state index is 0.123. The quantitative estimate of drug-likeness (QED) is 0.628. The molecule has 0 spiro atoms. The highest BCUT2D eigenvalue weighted by atomic mass is 16.2. The molecule has 0 saturated carbocycles. The number of hydrogen-bond donors (Lipinski definition) is 2. The number of amides is 1. The van der Waals surface area contributed by atoms with Crippen LogP contribution in [0.2, 0.25) is 0 Å². The van der Waals surface area contributed by atoms with Gasteiger partial charge in [0.15, 0.2) is 0 Å². The zero-order chi connectivity index (χ0) is 14.4. The summed E-state index contributed by atoms with van der Waals surface area (Å²) >= 11 is 0. The zero-order valence-electron chi connectivity index (χ0n) is 10.9. The van der Waals surface area contributed by atoms with Crippen molar-refractivity contribution in [1.29, 1.82) is 5.26 Å². The number of nitrogens with one attached hydrogen (secondary N) is 1. The number of carbonyl (C=O) groups excluding carboxylic acids is 1. The average molecular weight is 269 g/mol. The molecular weight excluding hydrogens is 254 g/mol. The predicted molar refractivity (Wildman–Crippen MR) is 75.3 cm³/mol. The van der Waals surface area contributed by atoms with E-state index in [1.807, 2.05) is 30.3 Å². The Balaban J connectivity index is 2.01. The van der Waals surface area contributed by atoms with Crippen molar-refractivity contribution in [3.8, 4) is 17.2 Å². The number of aromatic nitrogens is 2. The van der Waals surface area contributed by atoms with Gasteiger partial charge >= 0.3 is 0 Å². The average Bonchev–Trinajstić information content (AvgIpc) is 2.88. The molecule has 1 heterocycles. The Kier molecular flexibility index (Phi) is 4.35. The second kappa shape index (κ2) is 6.38. The second-order valence-electron chi connectivity index (χ2n) is 4.27. The van der Waals surface area contributed by atoms with Crippen LogP contribution in [0.5, 0.6) is 0 Å². The number of hydrogen-bond acceptors (Lipinski definition) is 4. The molecule has 0 radical (unpaired) electrons. The Morgan fingerprint density at radius 2 is 2.25 bits per heavy atom. The van der Waals surface area contributed by atoms with Gasteiger partial charge in [-0.15, -0.1) is 0 Å². The van der Waals surface area contributed by atoms with Crippen molar-refractivity contribution in [2.75, 3.05) is 12.3 Å². The summed E-state index contributed by atoms with van der Waals surface area (Å²) in [6.07, 6.45) is 3.75. The molecule has 0 fully saturated rings. The molecule has 3 N–H and O–H groups in total. The Morgan fingerprint density at radius 3 is 3.00 bits per heavy atom. The van der Waals surface area contributed by atoms with Gasteiger partial charge in [-0.05, 0) is 6.07 Å². The van der Waals surface area contributed by atoms with E-state index in [9.17, 15) is 4.79 Å². The van der Waals surface area contributed by atoms with Gasteiger partial charge in [-0.2, -0.15) is 10.4 Å². The highest BCUT2D eigenvalue weighted by molar-refractivity contribution is 5.77. The summed E-state index contributed by atoms with van der Waals surface area (Å²) < 4.78 is 1.55. The SMILES string of the molecule is N#CCCNC(=O)Cn1cc(-c2ccccc2N)cn1. The van der Waals surface area contributed by atoms with E-state index in [2.05, 4.69) is 10.4 Å². The lowest BCUT2D eigenvalue weighted by molar-refractivity contribution is -0.121. The molecule has 0 unspecified atom stereocenters. The summed E-state index contributed by atoms with van der Waals surface area (Å²) in [5.41, 5.74) is 8.33. The first-order valence-electron chi connectivity index (χ1n) is 6.21. The van der Waals surface area contributed by atoms with Crippen LogP contribution < -0.4 is 11.1 Å². The van der Waals surface area contributed by atoms with Gasteiger partial charge in [0.05, 0.1) is 18.7 Å². The lowest BCUT2D eigenvalue weighted by Gasteiger charge is -2.03. The lowest BCUT2D eigenvalue weighted by Crippen LogP contribution is -2.28. The fraction of sp³-hybridized carbons (Fsp3) is 0.214. The van der Waals surface area contributed by atoms with Crippen LogP contribution in [-0.4, -0.2) is 22.2 Å². The summed E-state index contributed by atoms with van der Waals surface area (Å²) in [4.78, 5) is 11.6. The smallest absolute Gasteiger partial charge is 0.241 e. The summed E-state index contributed by atoms with van der Waals surface area (Å²) in [6, 6.07) is 9.46. The summed E-state index contributed by atoms with van der Waals surface area (Å²) in [7, 11) is 0. The number of benzene rings is 1. The van der Waals surface area contributed by atoms with Crippen molar-refractivity contribution < 1.29 is 4.79 Å². The first-order chi connectivity index (χ1) is 9.70. The number of nitriles is 1. The maximum Gasteiger partial charge on any atom is 0.241 e. The first-order valence-corrected chi connectivity index (χ1v) is 6.21. The van der Waals surface area contributed by atoms with Gasteiger partial charge in [-0.25, -0.2) is 0 Å². The van der Waals surface area contributed by atoms with Gasteiger partial charge < -0.3 is 11.1 Å². The highest BCUT2D eigenvalue weighted by Crippen LogP contribution is 2.24. The number of para-hydroxylation sites is 1. The van der Waals surface area contributed by atoms with Gasteiger partial charge in [0.25, 0.3) is 0 Å². The minimum atomic E-state index is -0.170. The van der Waals surface area contributed by atoms with E-state index in [4.69, 9.17) is 11.0 Å². The maximum atomic E-state index is 11.6.